The van der Waals surface area contributed by atoms with Crippen LogP contribution in [0.1, 0.15) is 19.4 Å². The molecule has 2 rings (SSSR count). The largest absolute Gasteiger partial charge is 0.374 e. The predicted molar refractivity (Wildman–Crippen MR) is 94.0 cm³/mol. The Morgan fingerprint density at radius 3 is 2.36 bits per heavy atom. The number of carbonyl (C=O) groups is 1. The summed E-state index contributed by atoms with van der Waals surface area (Å²) in [5, 5.41) is 7.27. The number of nitrogens with one attached hydrogen (secondary N) is 2. The molecule has 2 aromatic rings. The zero-order valence-corrected chi connectivity index (χ0v) is 14.1. The lowest BCUT2D eigenvalue weighted by molar-refractivity contribution is -0.121. The van der Waals surface area contributed by atoms with Crippen molar-refractivity contribution < 1.29 is 4.79 Å². The molecule has 0 heterocycles. The molecule has 114 valence electrons. The number of nitrogens with zero attached hydrogens (tertiary/aromatic N) is 1. The average Bonchev–Trinajstić information content (AvgIpc) is 2.53. The van der Waals surface area contributed by atoms with Gasteiger partial charge in [0.1, 0.15) is 6.04 Å². The van der Waals surface area contributed by atoms with Gasteiger partial charge in [0.25, 0.3) is 5.91 Å². The molecule has 4 nitrogen and oxygen atoms in total. The van der Waals surface area contributed by atoms with Gasteiger partial charge in [-0.3, -0.25) is 4.79 Å². The molecule has 0 fully saturated rings. The van der Waals surface area contributed by atoms with Crippen molar-refractivity contribution in [2.24, 2.45) is 5.10 Å². The minimum atomic E-state index is -0.371. The van der Waals surface area contributed by atoms with Gasteiger partial charge >= 0.3 is 0 Å². The molecule has 5 heteroatoms. The summed E-state index contributed by atoms with van der Waals surface area (Å²) in [4.78, 5) is 12.0. The number of amides is 1. The maximum atomic E-state index is 12.0. The highest BCUT2D eigenvalue weighted by Crippen LogP contribution is 2.11. The number of hydrogen-bond donors (Lipinski definition) is 2. The van der Waals surface area contributed by atoms with Gasteiger partial charge in [0.05, 0.1) is 5.71 Å². The van der Waals surface area contributed by atoms with E-state index in [2.05, 4.69) is 31.8 Å². The van der Waals surface area contributed by atoms with Crippen molar-refractivity contribution in [3.8, 4) is 0 Å². The number of anilines is 1. The number of para-hydroxylation sites is 1. The van der Waals surface area contributed by atoms with Gasteiger partial charge in [-0.2, -0.15) is 5.10 Å². The van der Waals surface area contributed by atoms with Gasteiger partial charge in [0, 0.05) is 10.2 Å². The van der Waals surface area contributed by atoms with Crippen LogP contribution >= 0.6 is 15.9 Å². The van der Waals surface area contributed by atoms with E-state index in [-0.39, 0.29) is 11.9 Å². The van der Waals surface area contributed by atoms with E-state index in [0.717, 1.165) is 21.4 Å². The fourth-order valence-electron chi connectivity index (χ4n) is 1.84. The van der Waals surface area contributed by atoms with Gasteiger partial charge in [-0.15, -0.1) is 0 Å². The smallest absolute Gasteiger partial charge is 0.262 e. The minimum Gasteiger partial charge on any atom is -0.374 e. The van der Waals surface area contributed by atoms with Crippen LogP contribution in [0, 0.1) is 0 Å². The Hall–Kier alpha value is -2.14. The van der Waals surface area contributed by atoms with E-state index < -0.39 is 0 Å². The van der Waals surface area contributed by atoms with E-state index in [1.54, 1.807) is 6.92 Å². The molecule has 0 aliphatic rings. The Kier molecular flexibility index (Phi) is 5.72. The van der Waals surface area contributed by atoms with Crippen LogP contribution in [0.4, 0.5) is 5.69 Å². The van der Waals surface area contributed by atoms with Crippen LogP contribution in [-0.4, -0.2) is 17.7 Å². The number of benzene rings is 2. The SMILES string of the molecule is C/C(=N\NC(=O)[C@H](C)Nc1ccccc1)c1ccc(Br)cc1. The standard InChI is InChI=1S/C17H18BrN3O/c1-12(14-8-10-15(18)11-9-14)20-21-17(22)13(2)19-16-6-4-3-5-7-16/h3-11,13,19H,1-2H3,(H,21,22)/b20-12+/t13-/m0/s1. The Balaban J connectivity index is 1.93. The summed E-state index contributed by atoms with van der Waals surface area (Å²) in [6, 6.07) is 17.0. The van der Waals surface area contributed by atoms with Crippen LogP contribution < -0.4 is 10.7 Å². The monoisotopic (exact) mass is 359 g/mol. The fourth-order valence-corrected chi connectivity index (χ4v) is 2.11. The van der Waals surface area contributed by atoms with Crippen LogP contribution in [-0.2, 0) is 4.79 Å². The lowest BCUT2D eigenvalue weighted by atomic mass is 10.1. The van der Waals surface area contributed by atoms with E-state index in [1.165, 1.54) is 0 Å². The van der Waals surface area contributed by atoms with E-state index in [9.17, 15) is 4.79 Å². The van der Waals surface area contributed by atoms with E-state index >= 15 is 0 Å². The summed E-state index contributed by atoms with van der Waals surface area (Å²) in [6.07, 6.45) is 0. The summed E-state index contributed by atoms with van der Waals surface area (Å²) in [7, 11) is 0. The maximum absolute atomic E-state index is 12.0. The molecule has 0 radical (unpaired) electrons. The second-order valence-electron chi connectivity index (χ2n) is 4.91. The summed E-state index contributed by atoms with van der Waals surface area (Å²) in [5.41, 5.74) is 5.21. The van der Waals surface area contributed by atoms with Crippen molar-refractivity contribution >= 4 is 33.2 Å². The predicted octanol–water partition coefficient (Wildman–Crippen LogP) is 3.79. The molecule has 0 bridgehead atoms. The molecule has 2 N–H and O–H groups in total. The molecule has 0 saturated carbocycles. The fraction of sp³-hybridized carbons (Fsp3) is 0.176. The van der Waals surface area contributed by atoms with Gasteiger partial charge in [0.2, 0.25) is 0 Å². The molecule has 0 saturated heterocycles. The third-order valence-electron chi connectivity index (χ3n) is 3.15. The molecular weight excluding hydrogens is 342 g/mol. The molecule has 0 unspecified atom stereocenters. The number of hydrogen-bond acceptors (Lipinski definition) is 3. The highest BCUT2D eigenvalue weighted by Gasteiger charge is 2.11. The zero-order chi connectivity index (χ0) is 15.9. The van der Waals surface area contributed by atoms with Gasteiger partial charge < -0.3 is 5.32 Å². The van der Waals surface area contributed by atoms with Crippen LogP contribution in [0.5, 0.6) is 0 Å². The summed E-state index contributed by atoms with van der Waals surface area (Å²) in [6.45, 7) is 3.66. The minimum absolute atomic E-state index is 0.180. The van der Waals surface area contributed by atoms with Crippen LogP contribution in [0.3, 0.4) is 0 Å². The summed E-state index contributed by atoms with van der Waals surface area (Å²) < 4.78 is 1.01. The molecule has 2 aromatic carbocycles. The number of halogens is 1. The average molecular weight is 360 g/mol. The first-order valence-electron chi connectivity index (χ1n) is 6.98. The van der Waals surface area contributed by atoms with Gasteiger partial charge in [-0.1, -0.05) is 46.3 Å². The summed E-state index contributed by atoms with van der Waals surface area (Å²) in [5.74, 6) is -0.180. The Morgan fingerprint density at radius 2 is 1.73 bits per heavy atom. The molecule has 0 aliphatic carbocycles. The number of hydrazone groups is 1. The highest BCUT2D eigenvalue weighted by atomic mass is 79.9. The van der Waals surface area contributed by atoms with Crippen molar-refractivity contribution in [2.45, 2.75) is 19.9 Å². The lowest BCUT2D eigenvalue weighted by Crippen LogP contribution is -2.35. The molecule has 0 aromatic heterocycles. The van der Waals surface area contributed by atoms with Crippen molar-refractivity contribution in [1.29, 1.82) is 0 Å². The third-order valence-corrected chi connectivity index (χ3v) is 3.67. The second kappa shape index (κ2) is 7.75. The first kappa shape index (κ1) is 16.2. The molecule has 1 atom stereocenters. The first-order valence-corrected chi connectivity index (χ1v) is 7.77. The molecular formula is C17H18BrN3O. The molecule has 0 aliphatic heterocycles. The van der Waals surface area contributed by atoms with E-state index in [1.807, 2.05) is 61.5 Å². The first-order chi connectivity index (χ1) is 10.6. The van der Waals surface area contributed by atoms with Gasteiger partial charge in [-0.05, 0) is 43.7 Å². The van der Waals surface area contributed by atoms with Crippen LogP contribution in [0.25, 0.3) is 0 Å². The quantitative estimate of drug-likeness (QED) is 0.630. The second-order valence-corrected chi connectivity index (χ2v) is 5.83. The van der Waals surface area contributed by atoms with Crippen LogP contribution in [0.15, 0.2) is 64.2 Å². The van der Waals surface area contributed by atoms with Gasteiger partial charge in [-0.25, -0.2) is 5.43 Å². The highest BCUT2D eigenvalue weighted by molar-refractivity contribution is 9.10. The maximum Gasteiger partial charge on any atom is 0.262 e. The van der Waals surface area contributed by atoms with E-state index in [4.69, 9.17) is 0 Å². The molecule has 0 spiro atoms. The third kappa shape index (κ3) is 4.70. The zero-order valence-electron chi connectivity index (χ0n) is 12.5. The van der Waals surface area contributed by atoms with Crippen LogP contribution in [0.2, 0.25) is 0 Å². The van der Waals surface area contributed by atoms with Gasteiger partial charge in [0.15, 0.2) is 0 Å². The molecule has 22 heavy (non-hydrogen) atoms. The molecule has 1 amide bonds. The number of rotatable bonds is 5. The Bertz CT molecular complexity index is 653. The number of carbonyl (C=O) groups excluding carboxylic acids is 1. The summed E-state index contributed by atoms with van der Waals surface area (Å²) >= 11 is 3.39. The van der Waals surface area contributed by atoms with E-state index in [0.29, 0.717) is 0 Å². The van der Waals surface area contributed by atoms with Crippen molar-refractivity contribution in [3.05, 3.63) is 64.6 Å². The Labute approximate surface area is 138 Å². The van der Waals surface area contributed by atoms with Crippen molar-refractivity contribution in [1.82, 2.24) is 5.43 Å². The van der Waals surface area contributed by atoms with Crippen molar-refractivity contribution in [3.63, 3.8) is 0 Å². The normalized spacial score (nSPS) is 12.6. The Morgan fingerprint density at radius 1 is 1.09 bits per heavy atom. The topological polar surface area (TPSA) is 53.5 Å². The van der Waals surface area contributed by atoms with Crippen molar-refractivity contribution in [2.75, 3.05) is 5.32 Å². The lowest BCUT2D eigenvalue weighted by Gasteiger charge is -2.13.